The van der Waals surface area contributed by atoms with E-state index in [1.54, 1.807) is 26.3 Å². The minimum absolute atomic E-state index is 0.326. The molecule has 0 aliphatic rings. The second kappa shape index (κ2) is 5.23. The fourth-order valence-electron chi connectivity index (χ4n) is 1.00. The Kier molecular flexibility index (Phi) is 5.01. The van der Waals surface area contributed by atoms with E-state index in [0.29, 0.717) is 13.0 Å². The predicted octanol–water partition coefficient (Wildman–Crippen LogP) is 2.12. The van der Waals surface area contributed by atoms with Crippen LogP contribution in [0.1, 0.15) is 13.3 Å². The molecule has 13 heavy (non-hydrogen) atoms. The summed E-state index contributed by atoms with van der Waals surface area (Å²) in [5.74, 6) is -0.379. The van der Waals surface area contributed by atoms with Crippen LogP contribution in [-0.2, 0) is 14.1 Å². The van der Waals surface area contributed by atoms with Crippen LogP contribution in [0.5, 0.6) is 0 Å². The van der Waals surface area contributed by atoms with Gasteiger partial charge in [-0.15, -0.1) is 6.58 Å². The van der Waals surface area contributed by atoms with Crippen molar-refractivity contribution in [2.75, 3.05) is 19.9 Å². The molecule has 0 heterocycles. The van der Waals surface area contributed by atoms with E-state index >= 15 is 0 Å². The fourth-order valence-corrected chi connectivity index (χ4v) is 2.24. The fraction of sp³-hybridized carbons (Fsp3) is 0.667. The van der Waals surface area contributed by atoms with Gasteiger partial charge in [0.1, 0.15) is 5.66 Å². The Morgan fingerprint density at radius 3 is 2.46 bits per heavy atom. The molecule has 4 heteroatoms. The first-order chi connectivity index (χ1) is 5.93. The van der Waals surface area contributed by atoms with Crippen LogP contribution in [0.2, 0.25) is 0 Å². The molecule has 76 valence electrons. The van der Waals surface area contributed by atoms with Crippen LogP contribution >= 0.6 is 7.14 Å². The highest BCUT2D eigenvalue weighted by Gasteiger charge is 2.30. The number of hydrogen-bond acceptors (Lipinski definition) is 3. The van der Waals surface area contributed by atoms with E-state index in [4.69, 9.17) is 4.74 Å². The van der Waals surface area contributed by atoms with Gasteiger partial charge in [0.2, 0.25) is 0 Å². The van der Waals surface area contributed by atoms with Crippen molar-refractivity contribution < 1.29 is 14.1 Å². The smallest absolute Gasteiger partial charge is 0.316 e. The molecular formula is C9H17O3P. The van der Waals surface area contributed by atoms with Gasteiger partial charge >= 0.3 is 5.97 Å². The lowest BCUT2D eigenvalue weighted by molar-refractivity contribution is -0.142. The van der Waals surface area contributed by atoms with Gasteiger partial charge in [-0.3, -0.25) is 4.79 Å². The van der Waals surface area contributed by atoms with Crippen molar-refractivity contribution in [2.24, 2.45) is 0 Å². The average molecular weight is 204 g/mol. The minimum Gasteiger partial charge on any atom is -0.465 e. The van der Waals surface area contributed by atoms with Gasteiger partial charge in [-0.05, 0) is 26.7 Å². The second-order valence-electron chi connectivity index (χ2n) is 3.23. The van der Waals surface area contributed by atoms with Gasteiger partial charge in [0.25, 0.3) is 0 Å². The third-order valence-corrected chi connectivity index (χ3v) is 3.62. The molecule has 0 saturated carbocycles. The average Bonchev–Trinajstić information content (AvgIpc) is 1.98. The highest BCUT2D eigenvalue weighted by molar-refractivity contribution is 7.64. The van der Waals surface area contributed by atoms with E-state index in [9.17, 15) is 9.36 Å². The molecule has 0 amide bonds. The summed E-state index contributed by atoms with van der Waals surface area (Å²) < 4.78 is 16.5. The lowest BCUT2D eigenvalue weighted by atomic mass is 10.3. The van der Waals surface area contributed by atoms with Crippen molar-refractivity contribution in [3.8, 4) is 0 Å². The lowest BCUT2D eigenvalue weighted by Crippen LogP contribution is -2.22. The summed E-state index contributed by atoms with van der Waals surface area (Å²) in [6.45, 7) is 8.78. The Morgan fingerprint density at radius 2 is 2.15 bits per heavy atom. The third kappa shape index (κ3) is 4.28. The van der Waals surface area contributed by atoms with Crippen LogP contribution in [-0.4, -0.2) is 31.6 Å². The van der Waals surface area contributed by atoms with Gasteiger partial charge in [-0.25, -0.2) is 0 Å². The molecule has 0 rings (SSSR count). The van der Waals surface area contributed by atoms with Gasteiger partial charge in [0, 0.05) is 0 Å². The van der Waals surface area contributed by atoms with Crippen LogP contribution < -0.4 is 0 Å². The standard InChI is InChI=1S/C9H17O3P/c1-5-7-8(13(3,4)11)9(10)12-6-2/h5,8H,1,6-7H2,2-4H3. The molecule has 0 N–H and O–H groups in total. The number of ether oxygens (including phenoxy) is 1. The molecule has 0 saturated heterocycles. The van der Waals surface area contributed by atoms with Crippen LogP contribution in [0.4, 0.5) is 0 Å². The minimum atomic E-state index is -2.42. The van der Waals surface area contributed by atoms with Crippen molar-refractivity contribution >= 4 is 13.1 Å². The molecule has 1 atom stereocenters. The number of esters is 1. The van der Waals surface area contributed by atoms with Crippen molar-refractivity contribution in [3.05, 3.63) is 12.7 Å². The van der Waals surface area contributed by atoms with Crippen LogP contribution in [0.25, 0.3) is 0 Å². The predicted molar refractivity (Wildman–Crippen MR) is 54.7 cm³/mol. The first-order valence-corrected chi connectivity index (χ1v) is 6.92. The number of carbonyl (C=O) groups excluding carboxylic acids is 1. The highest BCUT2D eigenvalue weighted by Crippen LogP contribution is 2.44. The highest BCUT2D eigenvalue weighted by atomic mass is 31.2. The Hall–Kier alpha value is -0.560. The van der Waals surface area contributed by atoms with Gasteiger partial charge < -0.3 is 9.30 Å². The van der Waals surface area contributed by atoms with Gasteiger partial charge in [0.05, 0.1) is 13.7 Å². The Balaban J connectivity index is 4.51. The summed E-state index contributed by atoms with van der Waals surface area (Å²) in [6.07, 6.45) is 2.02. The van der Waals surface area contributed by atoms with Crippen molar-refractivity contribution in [1.82, 2.24) is 0 Å². The van der Waals surface area contributed by atoms with Gasteiger partial charge in [-0.2, -0.15) is 0 Å². The largest absolute Gasteiger partial charge is 0.465 e. The maximum Gasteiger partial charge on any atom is 0.316 e. The maximum atomic E-state index is 11.7. The van der Waals surface area contributed by atoms with E-state index in [-0.39, 0.29) is 5.97 Å². The van der Waals surface area contributed by atoms with Crippen LogP contribution in [0, 0.1) is 0 Å². The third-order valence-electron chi connectivity index (χ3n) is 1.70. The lowest BCUT2D eigenvalue weighted by Gasteiger charge is -2.17. The molecular weight excluding hydrogens is 187 g/mol. The zero-order valence-electron chi connectivity index (χ0n) is 8.45. The molecule has 0 fully saturated rings. The molecule has 0 aromatic carbocycles. The van der Waals surface area contributed by atoms with Gasteiger partial charge in [0.15, 0.2) is 0 Å². The first kappa shape index (κ1) is 12.4. The molecule has 0 radical (unpaired) electrons. The monoisotopic (exact) mass is 204 g/mol. The summed E-state index contributed by atoms with van der Waals surface area (Å²) >= 11 is 0. The Morgan fingerprint density at radius 1 is 1.62 bits per heavy atom. The summed E-state index contributed by atoms with van der Waals surface area (Å²) in [6, 6.07) is 0. The van der Waals surface area contributed by atoms with E-state index in [0.717, 1.165) is 0 Å². The zero-order valence-corrected chi connectivity index (χ0v) is 9.34. The molecule has 0 aliphatic heterocycles. The van der Waals surface area contributed by atoms with E-state index in [1.165, 1.54) is 0 Å². The zero-order chi connectivity index (χ0) is 10.5. The van der Waals surface area contributed by atoms with Crippen LogP contribution in [0.15, 0.2) is 12.7 Å². The molecule has 0 aromatic rings. The molecule has 3 nitrogen and oxygen atoms in total. The van der Waals surface area contributed by atoms with E-state index < -0.39 is 12.8 Å². The molecule has 0 aliphatic carbocycles. The van der Waals surface area contributed by atoms with Gasteiger partial charge in [-0.1, -0.05) is 6.08 Å². The molecule has 0 spiro atoms. The number of rotatable bonds is 5. The van der Waals surface area contributed by atoms with Crippen molar-refractivity contribution in [1.29, 1.82) is 0 Å². The second-order valence-corrected chi connectivity index (χ2v) is 6.72. The summed E-state index contributed by atoms with van der Waals surface area (Å²) in [5.41, 5.74) is -0.523. The SMILES string of the molecule is C=CCC(C(=O)OCC)P(C)(C)=O. The summed E-state index contributed by atoms with van der Waals surface area (Å²) in [4.78, 5) is 11.3. The first-order valence-electron chi connectivity index (χ1n) is 4.25. The van der Waals surface area contributed by atoms with Crippen molar-refractivity contribution in [2.45, 2.75) is 19.0 Å². The van der Waals surface area contributed by atoms with Crippen molar-refractivity contribution in [3.63, 3.8) is 0 Å². The summed E-state index contributed by atoms with van der Waals surface area (Å²) in [7, 11) is -2.42. The normalized spacial score (nSPS) is 13.5. The summed E-state index contributed by atoms with van der Waals surface area (Å²) in [5, 5.41) is 0. The quantitative estimate of drug-likeness (QED) is 0.391. The molecule has 0 bridgehead atoms. The number of carbonyl (C=O) groups is 1. The Labute approximate surface area is 79.5 Å². The number of allylic oxidation sites excluding steroid dienone is 1. The Bertz CT molecular complexity index is 229. The topological polar surface area (TPSA) is 43.4 Å². The van der Waals surface area contributed by atoms with E-state index in [1.807, 2.05) is 0 Å². The van der Waals surface area contributed by atoms with E-state index in [2.05, 4.69) is 6.58 Å². The number of hydrogen-bond donors (Lipinski definition) is 0. The maximum absolute atomic E-state index is 11.7. The van der Waals surface area contributed by atoms with Crippen LogP contribution in [0.3, 0.4) is 0 Å². The molecule has 1 unspecified atom stereocenters. The molecule has 0 aromatic heterocycles.